The molecule has 2 N–H and O–H groups in total. The van der Waals surface area contributed by atoms with Gasteiger partial charge in [0.1, 0.15) is 0 Å². The maximum atomic E-state index is 11.1. The first-order valence-electron chi connectivity index (χ1n) is 6.27. The van der Waals surface area contributed by atoms with Crippen LogP contribution in [0.4, 0.5) is 5.69 Å². The molecule has 0 amide bonds. The summed E-state index contributed by atoms with van der Waals surface area (Å²) in [7, 11) is -3.19. The Bertz CT molecular complexity index is 496. The van der Waals surface area contributed by atoms with Crippen molar-refractivity contribution in [3.05, 3.63) is 29.8 Å². The minimum absolute atomic E-state index is 0.479. The van der Waals surface area contributed by atoms with Crippen molar-refractivity contribution in [2.75, 3.05) is 17.5 Å². The molecular formula is C13H20N2O2S. The summed E-state index contributed by atoms with van der Waals surface area (Å²) in [5, 5.41) is 3.47. The molecule has 1 saturated heterocycles. The van der Waals surface area contributed by atoms with Gasteiger partial charge in [0.25, 0.3) is 0 Å². The first-order valence-corrected chi connectivity index (χ1v) is 8.16. The smallest absolute Gasteiger partial charge is 0.229 e. The van der Waals surface area contributed by atoms with Crippen molar-refractivity contribution >= 4 is 15.7 Å². The van der Waals surface area contributed by atoms with E-state index in [1.807, 2.05) is 24.3 Å². The molecule has 100 valence electrons. The molecule has 1 aliphatic rings. The van der Waals surface area contributed by atoms with E-state index in [2.05, 4.69) is 17.0 Å². The summed E-state index contributed by atoms with van der Waals surface area (Å²) in [5.41, 5.74) is 1.89. The molecular weight excluding hydrogens is 248 g/mol. The standard InChI is InChI=1S/C13H20N2O2S/c1-10-13(4-3-9-14-10)11-5-7-12(8-6-11)15-18(2,16)17/h5-8,10,13-15H,3-4,9H2,1-2H3. The first-order chi connectivity index (χ1) is 8.46. The fourth-order valence-corrected chi connectivity index (χ4v) is 3.08. The van der Waals surface area contributed by atoms with Crippen LogP contribution >= 0.6 is 0 Å². The van der Waals surface area contributed by atoms with Gasteiger partial charge < -0.3 is 5.32 Å². The zero-order chi connectivity index (χ0) is 13.2. The summed E-state index contributed by atoms with van der Waals surface area (Å²) in [5.74, 6) is 0.519. The van der Waals surface area contributed by atoms with E-state index in [9.17, 15) is 8.42 Å². The van der Waals surface area contributed by atoms with Gasteiger partial charge in [0.05, 0.1) is 6.26 Å². The Morgan fingerprint density at radius 1 is 1.28 bits per heavy atom. The Labute approximate surface area is 109 Å². The second-order valence-corrected chi connectivity index (χ2v) is 6.74. The van der Waals surface area contributed by atoms with E-state index in [-0.39, 0.29) is 0 Å². The minimum atomic E-state index is -3.19. The molecule has 2 rings (SSSR count). The Morgan fingerprint density at radius 3 is 2.50 bits per heavy atom. The van der Waals surface area contributed by atoms with Crippen molar-refractivity contribution in [2.45, 2.75) is 31.7 Å². The normalized spacial score (nSPS) is 24.8. The zero-order valence-corrected chi connectivity index (χ0v) is 11.6. The van der Waals surface area contributed by atoms with Gasteiger partial charge >= 0.3 is 0 Å². The van der Waals surface area contributed by atoms with Crippen molar-refractivity contribution in [1.29, 1.82) is 0 Å². The fraction of sp³-hybridized carbons (Fsp3) is 0.538. The largest absolute Gasteiger partial charge is 0.314 e. The highest BCUT2D eigenvalue weighted by Crippen LogP contribution is 2.28. The summed E-state index contributed by atoms with van der Waals surface area (Å²) in [6.45, 7) is 3.29. The van der Waals surface area contributed by atoms with Crippen LogP contribution in [-0.4, -0.2) is 27.3 Å². The third kappa shape index (κ3) is 3.46. The van der Waals surface area contributed by atoms with Gasteiger partial charge in [-0.3, -0.25) is 4.72 Å². The van der Waals surface area contributed by atoms with E-state index < -0.39 is 10.0 Å². The second-order valence-electron chi connectivity index (χ2n) is 4.99. The third-order valence-corrected chi connectivity index (χ3v) is 4.01. The maximum Gasteiger partial charge on any atom is 0.229 e. The molecule has 0 bridgehead atoms. The van der Waals surface area contributed by atoms with Crippen LogP contribution in [0.2, 0.25) is 0 Å². The van der Waals surface area contributed by atoms with E-state index in [1.165, 1.54) is 18.4 Å². The second kappa shape index (κ2) is 5.28. The SMILES string of the molecule is CC1NCCCC1c1ccc(NS(C)(=O)=O)cc1. The lowest BCUT2D eigenvalue weighted by Gasteiger charge is -2.30. The quantitative estimate of drug-likeness (QED) is 0.880. The molecule has 5 heteroatoms. The van der Waals surface area contributed by atoms with Crippen molar-refractivity contribution in [3.63, 3.8) is 0 Å². The highest BCUT2D eigenvalue weighted by Gasteiger charge is 2.22. The number of benzene rings is 1. The summed E-state index contributed by atoms with van der Waals surface area (Å²) >= 11 is 0. The van der Waals surface area contributed by atoms with Gasteiger partial charge in [-0.1, -0.05) is 12.1 Å². The van der Waals surface area contributed by atoms with E-state index in [0.717, 1.165) is 12.8 Å². The number of hydrogen-bond donors (Lipinski definition) is 2. The van der Waals surface area contributed by atoms with E-state index in [1.54, 1.807) is 0 Å². The lowest BCUT2D eigenvalue weighted by Crippen LogP contribution is -2.37. The molecule has 1 fully saturated rings. The Balaban J connectivity index is 2.12. The van der Waals surface area contributed by atoms with Crippen molar-refractivity contribution in [2.24, 2.45) is 0 Å². The molecule has 1 aliphatic heterocycles. The molecule has 1 heterocycles. The Morgan fingerprint density at radius 2 is 1.94 bits per heavy atom. The molecule has 0 aliphatic carbocycles. The van der Waals surface area contributed by atoms with Crippen LogP contribution in [0, 0.1) is 0 Å². The van der Waals surface area contributed by atoms with Crippen LogP contribution in [0.1, 0.15) is 31.2 Å². The summed E-state index contributed by atoms with van der Waals surface area (Å²) in [6, 6.07) is 8.17. The summed E-state index contributed by atoms with van der Waals surface area (Å²) in [6.07, 6.45) is 3.54. The van der Waals surface area contributed by atoms with Gasteiger partial charge in [-0.2, -0.15) is 0 Å². The predicted octanol–water partition coefficient (Wildman–Crippen LogP) is 1.91. The average Bonchev–Trinajstić information content (AvgIpc) is 2.29. The van der Waals surface area contributed by atoms with Crippen LogP contribution in [0.5, 0.6) is 0 Å². The topological polar surface area (TPSA) is 58.2 Å². The van der Waals surface area contributed by atoms with E-state index in [4.69, 9.17) is 0 Å². The minimum Gasteiger partial charge on any atom is -0.314 e. The molecule has 2 unspecified atom stereocenters. The fourth-order valence-electron chi connectivity index (χ4n) is 2.51. The number of anilines is 1. The number of sulfonamides is 1. The first kappa shape index (κ1) is 13.4. The van der Waals surface area contributed by atoms with Crippen molar-refractivity contribution in [3.8, 4) is 0 Å². The zero-order valence-electron chi connectivity index (χ0n) is 10.8. The van der Waals surface area contributed by atoms with Gasteiger partial charge in [-0.15, -0.1) is 0 Å². The average molecular weight is 268 g/mol. The van der Waals surface area contributed by atoms with Crippen LogP contribution in [0.15, 0.2) is 24.3 Å². The third-order valence-electron chi connectivity index (χ3n) is 3.40. The monoisotopic (exact) mass is 268 g/mol. The van der Waals surface area contributed by atoms with E-state index >= 15 is 0 Å². The highest BCUT2D eigenvalue weighted by atomic mass is 32.2. The molecule has 0 spiro atoms. The molecule has 1 aromatic carbocycles. The van der Waals surface area contributed by atoms with Gasteiger partial charge in [0, 0.05) is 11.7 Å². The molecule has 2 atom stereocenters. The van der Waals surface area contributed by atoms with Crippen molar-refractivity contribution in [1.82, 2.24) is 5.32 Å². The molecule has 0 radical (unpaired) electrons. The molecule has 18 heavy (non-hydrogen) atoms. The molecule has 1 aromatic rings. The molecule has 0 saturated carbocycles. The Hall–Kier alpha value is -1.07. The Kier molecular flexibility index (Phi) is 3.92. The van der Waals surface area contributed by atoms with Crippen LogP contribution in [-0.2, 0) is 10.0 Å². The van der Waals surface area contributed by atoms with Gasteiger partial charge in [0.15, 0.2) is 0 Å². The number of hydrogen-bond acceptors (Lipinski definition) is 3. The predicted molar refractivity (Wildman–Crippen MR) is 74.3 cm³/mol. The van der Waals surface area contributed by atoms with Gasteiger partial charge in [-0.05, 0) is 49.9 Å². The summed E-state index contributed by atoms with van der Waals surface area (Å²) in [4.78, 5) is 0. The van der Waals surface area contributed by atoms with E-state index in [0.29, 0.717) is 17.6 Å². The molecule has 4 nitrogen and oxygen atoms in total. The number of piperidine rings is 1. The molecule has 0 aromatic heterocycles. The number of rotatable bonds is 3. The van der Waals surface area contributed by atoms with Gasteiger partial charge in [-0.25, -0.2) is 8.42 Å². The lowest BCUT2D eigenvalue weighted by molar-refractivity contribution is 0.371. The summed E-state index contributed by atoms with van der Waals surface area (Å²) < 4.78 is 24.7. The number of nitrogens with one attached hydrogen (secondary N) is 2. The van der Waals surface area contributed by atoms with Crippen LogP contribution in [0.3, 0.4) is 0 Å². The highest BCUT2D eigenvalue weighted by molar-refractivity contribution is 7.92. The van der Waals surface area contributed by atoms with Crippen LogP contribution in [0.25, 0.3) is 0 Å². The maximum absolute atomic E-state index is 11.1. The van der Waals surface area contributed by atoms with Gasteiger partial charge in [0.2, 0.25) is 10.0 Å². The van der Waals surface area contributed by atoms with Crippen LogP contribution < -0.4 is 10.0 Å². The lowest BCUT2D eigenvalue weighted by atomic mass is 9.86. The van der Waals surface area contributed by atoms with Crippen molar-refractivity contribution < 1.29 is 8.42 Å².